The second-order valence-electron chi connectivity index (χ2n) is 7.45. The molecule has 0 amide bonds. The van der Waals surface area contributed by atoms with Crippen molar-refractivity contribution in [2.24, 2.45) is 5.41 Å². The summed E-state index contributed by atoms with van der Waals surface area (Å²) < 4.78 is 11.7. The van der Waals surface area contributed by atoms with E-state index in [1.54, 1.807) is 0 Å². The third kappa shape index (κ3) is 5.11. The van der Waals surface area contributed by atoms with Gasteiger partial charge in [0.15, 0.2) is 0 Å². The lowest BCUT2D eigenvalue weighted by atomic mass is 9.87. The average Bonchev–Trinajstić information content (AvgIpc) is 2.76. The molecule has 0 aliphatic carbocycles. The number of aliphatic hydroxyl groups is 1. The molecule has 0 saturated carbocycles. The van der Waals surface area contributed by atoms with Crippen LogP contribution in [0.1, 0.15) is 52.2 Å². The molecular formula is C19H31NO3. The summed E-state index contributed by atoms with van der Waals surface area (Å²) in [7, 11) is 0. The van der Waals surface area contributed by atoms with Crippen LogP contribution in [0.2, 0.25) is 0 Å². The maximum atomic E-state index is 9.58. The standard InChI is InChI=1S/C19H31NO3/c1-6-22-17-8-15-7-14(3)23-18(15)9-16(17)11-20-12-19(4,5)10-13(2)21/h8-9,13-14,20-21H,6-7,10-12H2,1-5H3. The zero-order valence-corrected chi connectivity index (χ0v) is 15.1. The van der Waals surface area contributed by atoms with Gasteiger partial charge in [0.1, 0.15) is 17.6 Å². The lowest BCUT2D eigenvalue weighted by molar-refractivity contribution is 0.128. The van der Waals surface area contributed by atoms with Gasteiger partial charge in [-0.3, -0.25) is 0 Å². The van der Waals surface area contributed by atoms with E-state index in [0.29, 0.717) is 6.61 Å². The van der Waals surface area contributed by atoms with Gasteiger partial charge in [0.05, 0.1) is 12.7 Å². The minimum atomic E-state index is -0.277. The Kier molecular flexibility index (Phi) is 5.93. The Bertz CT molecular complexity index is 526. The first-order chi connectivity index (χ1) is 10.8. The zero-order valence-electron chi connectivity index (χ0n) is 15.1. The monoisotopic (exact) mass is 321 g/mol. The summed E-state index contributed by atoms with van der Waals surface area (Å²) in [5, 5.41) is 13.1. The Morgan fingerprint density at radius 3 is 2.83 bits per heavy atom. The van der Waals surface area contributed by atoms with E-state index in [1.807, 2.05) is 13.8 Å². The molecule has 1 heterocycles. The van der Waals surface area contributed by atoms with Crippen LogP contribution < -0.4 is 14.8 Å². The number of ether oxygens (including phenoxy) is 2. The third-order valence-electron chi connectivity index (χ3n) is 4.15. The van der Waals surface area contributed by atoms with Crippen molar-refractivity contribution in [3.05, 3.63) is 23.3 Å². The number of rotatable bonds is 8. The van der Waals surface area contributed by atoms with E-state index in [0.717, 1.165) is 43.0 Å². The quantitative estimate of drug-likeness (QED) is 0.771. The summed E-state index contributed by atoms with van der Waals surface area (Å²) in [5.41, 5.74) is 2.42. The first-order valence-corrected chi connectivity index (χ1v) is 8.65. The number of fused-ring (bicyclic) bond motifs is 1. The topological polar surface area (TPSA) is 50.7 Å². The third-order valence-corrected chi connectivity index (χ3v) is 4.15. The highest BCUT2D eigenvalue weighted by atomic mass is 16.5. The molecule has 0 saturated heterocycles. The number of hydrogen-bond acceptors (Lipinski definition) is 4. The van der Waals surface area contributed by atoms with Gasteiger partial charge in [-0.05, 0) is 44.7 Å². The van der Waals surface area contributed by atoms with Crippen molar-refractivity contribution in [1.82, 2.24) is 5.32 Å². The van der Waals surface area contributed by atoms with E-state index in [2.05, 4.69) is 38.2 Å². The molecule has 1 aromatic carbocycles. The van der Waals surface area contributed by atoms with Gasteiger partial charge in [0.25, 0.3) is 0 Å². The fraction of sp³-hybridized carbons (Fsp3) is 0.684. The van der Waals surface area contributed by atoms with Crippen molar-refractivity contribution in [3.8, 4) is 11.5 Å². The predicted octanol–water partition coefficient (Wildman–Crippen LogP) is 3.30. The molecule has 130 valence electrons. The van der Waals surface area contributed by atoms with E-state index in [9.17, 15) is 5.11 Å². The predicted molar refractivity (Wildman–Crippen MR) is 93.2 cm³/mol. The van der Waals surface area contributed by atoms with Gasteiger partial charge in [0.2, 0.25) is 0 Å². The molecule has 2 rings (SSSR count). The number of benzene rings is 1. The van der Waals surface area contributed by atoms with Crippen LogP contribution in [0.5, 0.6) is 11.5 Å². The van der Waals surface area contributed by atoms with Crippen molar-refractivity contribution in [2.45, 2.75) is 66.2 Å². The normalized spacial score (nSPS) is 18.4. The molecule has 2 atom stereocenters. The molecule has 0 fully saturated rings. The van der Waals surface area contributed by atoms with Gasteiger partial charge in [0, 0.05) is 30.6 Å². The number of nitrogens with one attached hydrogen (secondary N) is 1. The molecular weight excluding hydrogens is 290 g/mol. The SMILES string of the molecule is CCOc1cc2c(cc1CNCC(C)(C)CC(C)O)OC(C)C2. The Balaban J connectivity index is 2.03. The molecule has 0 aromatic heterocycles. The van der Waals surface area contributed by atoms with Crippen molar-refractivity contribution < 1.29 is 14.6 Å². The maximum Gasteiger partial charge on any atom is 0.124 e. The van der Waals surface area contributed by atoms with Crippen LogP contribution in [-0.2, 0) is 13.0 Å². The molecule has 4 nitrogen and oxygen atoms in total. The lowest BCUT2D eigenvalue weighted by Gasteiger charge is -2.26. The van der Waals surface area contributed by atoms with E-state index in [-0.39, 0.29) is 17.6 Å². The smallest absolute Gasteiger partial charge is 0.124 e. The molecule has 0 bridgehead atoms. The summed E-state index contributed by atoms with van der Waals surface area (Å²) >= 11 is 0. The van der Waals surface area contributed by atoms with Crippen LogP contribution in [0.25, 0.3) is 0 Å². The van der Waals surface area contributed by atoms with Crippen LogP contribution in [0.3, 0.4) is 0 Å². The van der Waals surface area contributed by atoms with Crippen LogP contribution in [0.15, 0.2) is 12.1 Å². The molecule has 4 heteroatoms. The molecule has 23 heavy (non-hydrogen) atoms. The van der Waals surface area contributed by atoms with Gasteiger partial charge in [-0.15, -0.1) is 0 Å². The summed E-state index contributed by atoms with van der Waals surface area (Å²) in [4.78, 5) is 0. The van der Waals surface area contributed by atoms with Crippen molar-refractivity contribution in [3.63, 3.8) is 0 Å². The molecule has 2 unspecified atom stereocenters. The average molecular weight is 321 g/mol. The Morgan fingerprint density at radius 1 is 1.43 bits per heavy atom. The van der Waals surface area contributed by atoms with Gasteiger partial charge in [-0.1, -0.05) is 13.8 Å². The Hall–Kier alpha value is -1.26. The highest BCUT2D eigenvalue weighted by Gasteiger charge is 2.23. The summed E-state index contributed by atoms with van der Waals surface area (Å²) in [6.07, 6.45) is 1.70. The second-order valence-corrected chi connectivity index (χ2v) is 7.45. The first-order valence-electron chi connectivity index (χ1n) is 8.65. The van der Waals surface area contributed by atoms with Crippen molar-refractivity contribution >= 4 is 0 Å². The van der Waals surface area contributed by atoms with Crippen molar-refractivity contribution in [1.29, 1.82) is 0 Å². The van der Waals surface area contributed by atoms with Crippen LogP contribution in [-0.4, -0.2) is 30.5 Å². The van der Waals surface area contributed by atoms with Crippen LogP contribution >= 0.6 is 0 Å². The molecule has 0 radical (unpaired) electrons. The highest BCUT2D eigenvalue weighted by molar-refractivity contribution is 5.48. The number of aliphatic hydroxyl groups excluding tert-OH is 1. The van der Waals surface area contributed by atoms with Gasteiger partial charge >= 0.3 is 0 Å². The summed E-state index contributed by atoms with van der Waals surface area (Å²) in [6.45, 7) is 12.5. The van der Waals surface area contributed by atoms with Crippen LogP contribution in [0, 0.1) is 5.41 Å². The fourth-order valence-corrected chi connectivity index (χ4v) is 3.32. The van der Waals surface area contributed by atoms with E-state index < -0.39 is 0 Å². The number of hydrogen-bond donors (Lipinski definition) is 2. The van der Waals surface area contributed by atoms with E-state index >= 15 is 0 Å². The Morgan fingerprint density at radius 2 is 2.17 bits per heavy atom. The largest absolute Gasteiger partial charge is 0.494 e. The molecule has 1 aromatic rings. The van der Waals surface area contributed by atoms with Crippen LogP contribution in [0.4, 0.5) is 0 Å². The van der Waals surface area contributed by atoms with E-state index in [1.165, 1.54) is 5.56 Å². The summed E-state index contributed by atoms with van der Waals surface area (Å²) in [6, 6.07) is 4.23. The lowest BCUT2D eigenvalue weighted by Crippen LogP contribution is -2.31. The van der Waals surface area contributed by atoms with Gasteiger partial charge < -0.3 is 19.9 Å². The van der Waals surface area contributed by atoms with Crippen molar-refractivity contribution in [2.75, 3.05) is 13.2 Å². The van der Waals surface area contributed by atoms with Gasteiger partial charge in [-0.2, -0.15) is 0 Å². The summed E-state index contributed by atoms with van der Waals surface area (Å²) in [5.74, 6) is 1.94. The Labute approximate surface area is 140 Å². The molecule has 1 aliphatic rings. The molecule has 1 aliphatic heterocycles. The first kappa shape index (κ1) is 18.1. The fourth-order valence-electron chi connectivity index (χ4n) is 3.32. The highest BCUT2D eigenvalue weighted by Crippen LogP contribution is 2.35. The molecule has 0 spiro atoms. The maximum absolute atomic E-state index is 9.58. The minimum Gasteiger partial charge on any atom is -0.494 e. The van der Waals surface area contributed by atoms with Gasteiger partial charge in [-0.25, -0.2) is 0 Å². The minimum absolute atomic E-state index is 0.0572. The zero-order chi connectivity index (χ0) is 17.0. The molecule has 2 N–H and O–H groups in total. The van der Waals surface area contributed by atoms with E-state index in [4.69, 9.17) is 9.47 Å². The second kappa shape index (κ2) is 7.54.